The minimum Gasteiger partial charge on any atom is -0.497 e. The lowest BCUT2D eigenvalue weighted by molar-refractivity contribution is -0.155. The van der Waals surface area contributed by atoms with Crippen LogP contribution in [-0.4, -0.2) is 38.0 Å². The van der Waals surface area contributed by atoms with Crippen molar-refractivity contribution < 1.29 is 19.1 Å². The van der Waals surface area contributed by atoms with Gasteiger partial charge in [0.15, 0.2) is 0 Å². The highest BCUT2D eigenvalue weighted by molar-refractivity contribution is 5.90. The molecule has 0 bridgehead atoms. The SMILES string of the molecule is COc1cccc(/C=C/C(=O)O[C@@H](C(=O)N(C)C)c2ccccc2)c1. The van der Waals surface area contributed by atoms with E-state index >= 15 is 0 Å². The number of ether oxygens (including phenoxy) is 2. The molecule has 5 nitrogen and oxygen atoms in total. The smallest absolute Gasteiger partial charge is 0.331 e. The van der Waals surface area contributed by atoms with Gasteiger partial charge in [0.25, 0.3) is 5.91 Å². The minimum absolute atomic E-state index is 0.297. The van der Waals surface area contributed by atoms with Crippen molar-refractivity contribution in [2.24, 2.45) is 0 Å². The Balaban J connectivity index is 2.13. The molecule has 0 saturated carbocycles. The van der Waals surface area contributed by atoms with E-state index in [2.05, 4.69) is 0 Å². The quantitative estimate of drug-likeness (QED) is 0.599. The Bertz CT molecular complexity index is 753. The Kier molecular flexibility index (Phi) is 6.34. The van der Waals surface area contributed by atoms with Gasteiger partial charge in [0.05, 0.1) is 7.11 Å². The topological polar surface area (TPSA) is 55.8 Å². The summed E-state index contributed by atoms with van der Waals surface area (Å²) < 4.78 is 10.5. The number of hydrogen-bond donors (Lipinski definition) is 0. The largest absolute Gasteiger partial charge is 0.497 e. The number of carbonyl (C=O) groups excluding carboxylic acids is 2. The number of nitrogens with zero attached hydrogens (tertiary/aromatic N) is 1. The molecular formula is C20H21NO4. The van der Waals surface area contributed by atoms with Gasteiger partial charge in [-0.3, -0.25) is 4.79 Å². The highest BCUT2D eigenvalue weighted by Crippen LogP contribution is 2.20. The fraction of sp³-hybridized carbons (Fsp3) is 0.200. The van der Waals surface area contributed by atoms with Crippen molar-refractivity contribution >= 4 is 18.0 Å². The van der Waals surface area contributed by atoms with E-state index in [1.807, 2.05) is 24.3 Å². The summed E-state index contributed by atoms with van der Waals surface area (Å²) in [5, 5.41) is 0. The molecule has 0 spiro atoms. The van der Waals surface area contributed by atoms with Crippen molar-refractivity contribution in [1.29, 1.82) is 0 Å². The summed E-state index contributed by atoms with van der Waals surface area (Å²) in [7, 11) is 4.82. The van der Waals surface area contributed by atoms with Crippen LogP contribution in [0.4, 0.5) is 0 Å². The van der Waals surface area contributed by atoms with E-state index in [0.29, 0.717) is 11.3 Å². The van der Waals surface area contributed by atoms with Gasteiger partial charge >= 0.3 is 5.97 Å². The molecule has 0 N–H and O–H groups in total. The molecule has 0 aromatic heterocycles. The first-order valence-corrected chi connectivity index (χ1v) is 7.80. The molecule has 0 unspecified atom stereocenters. The molecular weight excluding hydrogens is 318 g/mol. The van der Waals surface area contributed by atoms with Gasteiger partial charge in [-0.15, -0.1) is 0 Å². The van der Waals surface area contributed by atoms with Gasteiger partial charge in [0.2, 0.25) is 6.10 Å². The second kappa shape index (κ2) is 8.68. The van der Waals surface area contributed by atoms with Crippen LogP contribution in [0.1, 0.15) is 17.2 Å². The van der Waals surface area contributed by atoms with Crippen molar-refractivity contribution in [3.63, 3.8) is 0 Å². The van der Waals surface area contributed by atoms with Crippen LogP contribution in [0.15, 0.2) is 60.7 Å². The molecule has 0 saturated heterocycles. The van der Waals surface area contributed by atoms with Crippen LogP contribution in [0.3, 0.4) is 0 Å². The molecule has 2 aromatic carbocycles. The monoisotopic (exact) mass is 339 g/mol. The van der Waals surface area contributed by atoms with Crippen LogP contribution < -0.4 is 4.74 Å². The third kappa shape index (κ3) is 5.21. The van der Waals surface area contributed by atoms with E-state index in [0.717, 1.165) is 5.56 Å². The van der Waals surface area contributed by atoms with Crippen LogP contribution in [0.2, 0.25) is 0 Å². The molecule has 0 heterocycles. The Labute approximate surface area is 147 Å². The molecule has 25 heavy (non-hydrogen) atoms. The fourth-order valence-corrected chi connectivity index (χ4v) is 2.19. The summed E-state index contributed by atoms with van der Waals surface area (Å²) in [5.41, 5.74) is 1.43. The number of methoxy groups -OCH3 is 1. The minimum atomic E-state index is -0.973. The molecule has 0 aliphatic carbocycles. The first-order valence-electron chi connectivity index (χ1n) is 7.80. The average molecular weight is 339 g/mol. The van der Waals surface area contributed by atoms with Gasteiger partial charge in [0.1, 0.15) is 5.75 Å². The van der Waals surface area contributed by atoms with Crippen molar-refractivity contribution in [1.82, 2.24) is 4.90 Å². The van der Waals surface area contributed by atoms with E-state index in [4.69, 9.17) is 9.47 Å². The number of hydrogen-bond acceptors (Lipinski definition) is 4. The van der Waals surface area contributed by atoms with Gasteiger partial charge in [-0.2, -0.15) is 0 Å². The van der Waals surface area contributed by atoms with E-state index in [1.165, 1.54) is 11.0 Å². The standard InChI is InChI=1S/C20H21NO4/c1-21(2)20(23)19(16-9-5-4-6-10-16)25-18(22)13-12-15-8-7-11-17(14-15)24-3/h4-14,19H,1-3H3/b13-12+/t19-/m1/s1. The fourth-order valence-electron chi connectivity index (χ4n) is 2.19. The van der Waals surface area contributed by atoms with Gasteiger partial charge < -0.3 is 14.4 Å². The first-order chi connectivity index (χ1) is 12.0. The molecule has 0 aliphatic heterocycles. The molecule has 0 radical (unpaired) electrons. The average Bonchev–Trinajstić information content (AvgIpc) is 2.64. The summed E-state index contributed by atoms with van der Waals surface area (Å²) in [5.74, 6) is -0.193. The third-order valence-electron chi connectivity index (χ3n) is 3.51. The zero-order chi connectivity index (χ0) is 18.2. The maximum absolute atomic E-state index is 12.3. The summed E-state index contributed by atoms with van der Waals surface area (Å²) in [6, 6.07) is 16.2. The Morgan fingerprint density at radius 3 is 2.40 bits per heavy atom. The highest BCUT2D eigenvalue weighted by Gasteiger charge is 2.25. The Morgan fingerprint density at radius 2 is 1.76 bits per heavy atom. The van der Waals surface area contributed by atoms with E-state index < -0.39 is 12.1 Å². The molecule has 5 heteroatoms. The molecule has 130 valence electrons. The van der Waals surface area contributed by atoms with Crippen molar-refractivity contribution in [2.45, 2.75) is 6.10 Å². The predicted octanol–water partition coefficient (Wildman–Crippen LogP) is 3.08. The zero-order valence-corrected chi connectivity index (χ0v) is 14.5. The van der Waals surface area contributed by atoms with E-state index in [-0.39, 0.29) is 5.91 Å². The number of amides is 1. The number of esters is 1. The molecule has 2 rings (SSSR count). The molecule has 1 amide bonds. The second-order valence-corrected chi connectivity index (χ2v) is 5.57. The van der Waals surface area contributed by atoms with Crippen molar-refractivity contribution in [2.75, 3.05) is 21.2 Å². The van der Waals surface area contributed by atoms with Gasteiger partial charge in [-0.1, -0.05) is 42.5 Å². The highest BCUT2D eigenvalue weighted by atomic mass is 16.5. The summed E-state index contributed by atoms with van der Waals surface area (Å²) in [4.78, 5) is 25.9. The second-order valence-electron chi connectivity index (χ2n) is 5.57. The van der Waals surface area contributed by atoms with Crippen molar-refractivity contribution in [3.05, 3.63) is 71.8 Å². The number of carbonyl (C=O) groups is 2. The Morgan fingerprint density at radius 1 is 1.04 bits per heavy atom. The molecule has 2 aromatic rings. The van der Waals surface area contributed by atoms with Crippen molar-refractivity contribution in [3.8, 4) is 5.75 Å². The predicted molar refractivity (Wildman–Crippen MR) is 96.0 cm³/mol. The van der Waals surface area contributed by atoms with Crippen LogP contribution >= 0.6 is 0 Å². The molecule has 1 atom stereocenters. The number of rotatable bonds is 6. The Hall–Kier alpha value is -3.08. The molecule has 0 fully saturated rings. The first kappa shape index (κ1) is 18.3. The van der Waals surface area contributed by atoms with Crippen LogP contribution in [-0.2, 0) is 14.3 Å². The lowest BCUT2D eigenvalue weighted by Gasteiger charge is -2.20. The van der Waals surface area contributed by atoms with Crippen LogP contribution in [0.25, 0.3) is 6.08 Å². The van der Waals surface area contributed by atoms with Crippen LogP contribution in [0.5, 0.6) is 5.75 Å². The summed E-state index contributed by atoms with van der Waals surface area (Å²) in [6.45, 7) is 0. The maximum Gasteiger partial charge on any atom is 0.331 e. The van der Waals surface area contributed by atoms with Gasteiger partial charge in [-0.25, -0.2) is 4.79 Å². The summed E-state index contributed by atoms with van der Waals surface area (Å²) in [6.07, 6.45) is 1.94. The lowest BCUT2D eigenvalue weighted by atomic mass is 10.1. The lowest BCUT2D eigenvalue weighted by Crippen LogP contribution is -2.30. The van der Waals surface area contributed by atoms with E-state index in [1.54, 1.807) is 57.6 Å². The third-order valence-corrected chi connectivity index (χ3v) is 3.51. The van der Waals surface area contributed by atoms with Crippen LogP contribution in [0, 0.1) is 0 Å². The molecule has 0 aliphatic rings. The normalized spacial score (nSPS) is 11.8. The van der Waals surface area contributed by atoms with E-state index in [9.17, 15) is 9.59 Å². The number of likely N-dealkylation sites (N-methyl/N-ethyl adjacent to an activating group) is 1. The number of benzene rings is 2. The van der Waals surface area contributed by atoms with Gasteiger partial charge in [0, 0.05) is 25.7 Å². The maximum atomic E-state index is 12.3. The summed E-state index contributed by atoms with van der Waals surface area (Å²) >= 11 is 0. The zero-order valence-electron chi connectivity index (χ0n) is 14.5. The van der Waals surface area contributed by atoms with Gasteiger partial charge in [-0.05, 0) is 23.8 Å².